The number of aromatic nitrogens is 3. The van der Waals surface area contributed by atoms with Crippen molar-refractivity contribution in [2.45, 2.75) is 26.9 Å². The number of H-pyrrole nitrogens is 1. The minimum absolute atomic E-state index is 0.181. The average molecular weight is 465 g/mol. The van der Waals surface area contributed by atoms with E-state index in [9.17, 15) is 9.59 Å². The van der Waals surface area contributed by atoms with Crippen molar-refractivity contribution in [2.24, 2.45) is 0 Å². The van der Waals surface area contributed by atoms with Gasteiger partial charge in [0, 0.05) is 59.1 Å². The predicted octanol–water partition coefficient (Wildman–Crippen LogP) is 1.26. The minimum atomic E-state index is -0.265. The molecule has 180 valence electrons. The van der Waals surface area contributed by atoms with E-state index in [2.05, 4.69) is 36.5 Å². The molecule has 1 saturated heterocycles. The monoisotopic (exact) mass is 464 g/mol. The molecule has 0 unspecified atom stereocenters. The van der Waals surface area contributed by atoms with Gasteiger partial charge in [-0.05, 0) is 43.7 Å². The Hall–Kier alpha value is -3.66. The van der Waals surface area contributed by atoms with Gasteiger partial charge in [0.05, 0.1) is 22.3 Å². The number of nitrogens with zero attached hydrogens (tertiary/aromatic N) is 4. The maximum absolute atomic E-state index is 12.4. The Balaban J connectivity index is 1.50. The molecule has 10 nitrogen and oxygen atoms in total. The van der Waals surface area contributed by atoms with Crippen molar-refractivity contribution < 1.29 is 4.79 Å². The molecule has 2 aromatic heterocycles. The second kappa shape index (κ2) is 9.68. The molecule has 1 amide bonds. The van der Waals surface area contributed by atoms with Crippen LogP contribution in [-0.2, 0) is 13.1 Å². The Labute approximate surface area is 198 Å². The molecule has 0 bridgehead atoms. The summed E-state index contributed by atoms with van der Waals surface area (Å²) >= 11 is 0. The largest absolute Gasteiger partial charge is 0.387 e. The van der Waals surface area contributed by atoms with E-state index >= 15 is 0 Å². The van der Waals surface area contributed by atoms with Crippen LogP contribution in [0.15, 0.2) is 29.1 Å². The van der Waals surface area contributed by atoms with Gasteiger partial charge in [0.15, 0.2) is 0 Å². The summed E-state index contributed by atoms with van der Waals surface area (Å²) in [5.41, 5.74) is 4.89. The molecular formula is C24H32N8O2. The van der Waals surface area contributed by atoms with Crippen LogP contribution in [0.3, 0.4) is 0 Å². The number of rotatable bonds is 6. The highest BCUT2D eigenvalue weighted by molar-refractivity contribution is 5.92. The van der Waals surface area contributed by atoms with Gasteiger partial charge in [-0.2, -0.15) is 0 Å². The summed E-state index contributed by atoms with van der Waals surface area (Å²) in [5.74, 6) is -0.181. The molecule has 1 fully saturated rings. The number of hydrogen-bond acceptors (Lipinski definition) is 7. The molecule has 4 N–H and O–H groups in total. The maximum atomic E-state index is 12.4. The van der Waals surface area contributed by atoms with Gasteiger partial charge in [-0.1, -0.05) is 0 Å². The summed E-state index contributed by atoms with van der Waals surface area (Å²) in [7, 11) is 3.44. The number of carbonyl (C=O) groups excluding carboxylic acids is 1. The third-order valence-electron chi connectivity index (χ3n) is 6.41. The summed E-state index contributed by atoms with van der Waals surface area (Å²) in [6, 6.07) is 7.79. The first kappa shape index (κ1) is 23.5. The van der Waals surface area contributed by atoms with Gasteiger partial charge in [0.2, 0.25) is 0 Å². The SMILES string of the molecule is CCn1c(=O)[nH]c2cc(CN3CCN(c4ccc(C(=O)NC)nc4C)CC3)cc(NC)c2c1=N. The molecule has 0 saturated carbocycles. The molecule has 1 aliphatic heterocycles. The number of amides is 1. The van der Waals surface area contributed by atoms with Crippen LogP contribution in [0, 0.1) is 12.3 Å². The molecule has 3 aromatic rings. The van der Waals surface area contributed by atoms with Gasteiger partial charge in [0.1, 0.15) is 11.2 Å². The third kappa shape index (κ3) is 4.41. The predicted molar refractivity (Wildman–Crippen MR) is 133 cm³/mol. The van der Waals surface area contributed by atoms with Crippen LogP contribution in [-0.4, -0.2) is 65.6 Å². The highest BCUT2D eigenvalue weighted by atomic mass is 16.2. The van der Waals surface area contributed by atoms with Crippen molar-refractivity contribution in [1.29, 1.82) is 5.41 Å². The van der Waals surface area contributed by atoms with E-state index in [0.717, 1.165) is 60.7 Å². The van der Waals surface area contributed by atoms with Crippen LogP contribution < -0.4 is 26.7 Å². The standard InChI is InChI=1S/C24H32N8O2/c1-5-32-22(25)21-18(26-3)12-16(13-19(21)29-24(32)34)14-30-8-10-31(11-9-30)20-7-6-17(23(33)27-4)28-15(20)2/h6-7,12-13,25-26H,5,8-11,14H2,1-4H3,(H,27,33)(H,29,34). The van der Waals surface area contributed by atoms with Crippen molar-refractivity contribution >= 4 is 28.2 Å². The lowest BCUT2D eigenvalue weighted by molar-refractivity contribution is 0.0958. The lowest BCUT2D eigenvalue weighted by atomic mass is 10.1. The second-order valence-electron chi connectivity index (χ2n) is 8.48. The van der Waals surface area contributed by atoms with Gasteiger partial charge in [-0.25, -0.2) is 9.78 Å². The Morgan fingerprint density at radius 2 is 1.91 bits per heavy atom. The quantitative estimate of drug-likeness (QED) is 0.436. The summed E-state index contributed by atoms with van der Waals surface area (Å²) < 4.78 is 1.43. The van der Waals surface area contributed by atoms with Gasteiger partial charge in [0.25, 0.3) is 5.91 Å². The molecule has 0 spiro atoms. The maximum Gasteiger partial charge on any atom is 0.327 e. The highest BCUT2D eigenvalue weighted by Gasteiger charge is 2.20. The highest BCUT2D eigenvalue weighted by Crippen LogP contribution is 2.24. The van der Waals surface area contributed by atoms with E-state index in [4.69, 9.17) is 5.41 Å². The number of hydrogen-bond donors (Lipinski definition) is 4. The summed E-state index contributed by atoms with van der Waals surface area (Å²) in [4.78, 5) is 36.3. The summed E-state index contributed by atoms with van der Waals surface area (Å²) in [6.07, 6.45) is 0. The van der Waals surface area contributed by atoms with E-state index in [1.54, 1.807) is 13.1 Å². The van der Waals surface area contributed by atoms with Crippen LogP contribution in [0.4, 0.5) is 11.4 Å². The molecule has 0 aliphatic carbocycles. The molecule has 10 heteroatoms. The zero-order valence-corrected chi connectivity index (χ0v) is 20.2. The van der Waals surface area contributed by atoms with E-state index in [-0.39, 0.29) is 17.1 Å². The zero-order chi connectivity index (χ0) is 24.4. The van der Waals surface area contributed by atoms with E-state index in [1.807, 2.05) is 33.0 Å². The fourth-order valence-corrected chi connectivity index (χ4v) is 4.61. The van der Waals surface area contributed by atoms with Gasteiger partial charge < -0.3 is 20.5 Å². The van der Waals surface area contributed by atoms with Crippen LogP contribution in [0.2, 0.25) is 0 Å². The molecule has 1 aliphatic rings. The van der Waals surface area contributed by atoms with Crippen LogP contribution in [0.5, 0.6) is 0 Å². The average Bonchev–Trinajstić information content (AvgIpc) is 2.83. The van der Waals surface area contributed by atoms with Crippen LogP contribution >= 0.6 is 0 Å². The second-order valence-corrected chi connectivity index (χ2v) is 8.48. The molecule has 0 atom stereocenters. The first-order valence-electron chi connectivity index (χ1n) is 11.5. The van der Waals surface area contributed by atoms with Crippen molar-refractivity contribution in [3.63, 3.8) is 0 Å². The van der Waals surface area contributed by atoms with Gasteiger partial charge in [-0.15, -0.1) is 0 Å². The smallest absolute Gasteiger partial charge is 0.327 e. The normalized spacial score (nSPS) is 14.4. The Kier molecular flexibility index (Phi) is 6.69. The van der Waals surface area contributed by atoms with Crippen molar-refractivity contribution in [1.82, 2.24) is 24.8 Å². The first-order valence-corrected chi connectivity index (χ1v) is 11.5. The molecular weight excluding hydrogens is 432 g/mol. The number of pyridine rings is 1. The number of carbonyl (C=O) groups is 1. The van der Waals surface area contributed by atoms with Crippen molar-refractivity contribution in [3.05, 3.63) is 57.2 Å². The fourth-order valence-electron chi connectivity index (χ4n) is 4.61. The first-order chi connectivity index (χ1) is 16.4. The molecule has 0 radical (unpaired) electrons. The molecule has 1 aromatic carbocycles. The Bertz CT molecular complexity index is 1340. The number of nitrogens with one attached hydrogen (secondary N) is 4. The molecule has 3 heterocycles. The summed E-state index contributed by atoms with van der Waals surface area (Å²) in [6.45, 7) is 8.48. The molecule has 34 heavy (non-hydrogen) atoms. The van der Waals surface area contributed by atoms with Gasteiger partial charge in [-0.3, -0.25) is 19.7 Å². The lowest BCUT2D eigenvalue weighted by Gasteiger charge is -2.36. The topological polar surface area (TPSA) is 122 Å². The minimum Gasteiger partial charge on any atom is -0.387 e. The van der Waals surface area contributed by atoms with Crippen LogP contribution in [0.1, 0.15) is 28.7 Å². The molecule has 4 rings (SSSR count). The van der Waals surface area contributed by atoms with Gasteiger partial charge >= 0.3 is 5.69 Å². The number of benzene rings is 1. The van der Waals surface area contributed by atoms with E-state index < -0.39 is 0 Å². The number of fused-ring (bicyclic) bond motifs is 1. The zero-order valence-electron chi connectivity index (χ0n) is 20.2. The number of aryl methyl sites for hydroxylation is 1. The van der Waals surface area contributed by atoms with Crippen molar-refractivity contribution in [2.75, 3.05) is 50.5 Å². The number of anilines is 2. The number of aromatic amines is 1. The van der Waals surface area contributed by atoms with Crippen molar-refractivity contribution in [3.8, 4) is 0 Å². The Morgan fingerprint density at radius 1 is 1.18 bits per heavy atom. The third-order valence-corrected chi connectivity index (χ3v) is 6.41. The van der Waals surface area contributed by atoms with E-state index in [0.29, 0.717) is 17.8 Å². The van der Waals surface area contributed by atoms with E-state index in [1.165, 1.54) is 4.57 Å². The number of piperazine rings is 1. The lowest BCUT2D eigenvalue weighted by Crippen LogP contribution is -2.46. The van der Waals surface area contributed by atoms with Crippen LogP contribution in [0.25, 0.3) is 10.9 Å². The summed E-state index contributed by atoms with van der Waals surface area (Å²) in [5, 5.41) is 15.0. The Morgan fingerprint density at radius 3 is 2.53 bits per heavy atom. The fraction of sp³-hybridized carbons (Fsp3) is 0.417.